The third-order valence-electron chi connectivity index (χ3n) is 2.28. The summed E-state index contributed by atoms with van der Waals surface area (Å²) >= 11 is 0. The van der Waals surface area contributed by atoms with Crippen LogP contribution in [0.1, 0.15) is 23.0 Å². The monoisotopic (exact) mass is 248 g/mol. The summed E-state index contributed by atoms with van der Waals surface area (Å²) in [7, 11) is 0. The molecule has 0 unspecified atom stereocenters. The number of nitrogens with zero attached hydrogens (tertiary/aromatic N) is 1. The second-order valence-electron chi connectivity index (χ2n) is 3.81. The normalized spacial score (nSPS) is 15.4. The number of hydrogen-bond donors (Lipinski definition) is 2. The summed E-state index contributed by atoms with van der Waals surface area (Å²) in [5, 5.41) is 9.29. The molecule has 1 aromatic heterocycles. The third kappa shape index (κ3) is 2.94. The van der Waals surface area contributed by atoms with Crippen molar-refractivity contribution in [1.82, 2.24) is 4.98 Å². The molecule has 0 aliphatic heterocycles. The van der Waals surface area contributed by atoms with Gasteiger partial charge in [-0.3, -0.25) is 9.78 Å². The summed E-state index contributed by atoms with van der Waals surface area (Å²) in [4.78, 5) is 14.6. The molecule has 0 spiro atoms. The maximum Gasteiger partial charge on any atom is 0.417 e. The molecule has 1 amide bonds. The number of aromatic nitrogens is 1. The van der Waals surface area contributed by atoms with Gasteiger partial charge < -0.3 is 10.8 Å². The number of carbonyl (C=O) groups excluding carboxylic acids is 1. The van der Waals surface area contributed by atoms with Gasteiger partial charge in [0, 0.05) is 12.6 Å². The second-order valence-corrected chi connectivity index (χ2v) is 3.81. The first-order chi connectivity index (χ1) is 7.65. The van der Waals surface area contributed by atoms with E-state index < -0.39 is 24.1 Å². The molecule has 0 saturated heterocycles. The van der Waals surface area contributed by atoms with Gasteiger partial charge in [-0.15, -0.1) is 0 Å². The van der Waals surface area contributed by atoms with Gasteiger partial charge in [0.15, 0.2) is 5.60 Å². The minimum atomic E-state index is -4.81. The first-order valence-electron chi connectivity index (χ1n) is 4.68. The molecule has 0 fully saturated rings. The van der Waals surface area contributed by atoms with Crippen molar-refractivity contribution in [2.75, 3.05) is 0 Å². The molecule has 94 valence electrons. The van der Waals surface area contributed by atoms with Crippen LogP contribution in [0.15, 0.2) is 18.3 Å². The van der Waals surface area contributed by atoms with Gasteiger partial charge >= 0.3 is 6.18 Å². The van der Waals surface area contributed by atoms with E-state index >= 15 is 0 Å². The van der Waals surface area contributed by atoms with Crippen LogP contribution in [0, 0.1) is 0 Å². The van der Waals surface area contributed by atoms with Crippen LogP contribution in [0.25, 0.3) is 0 Å². The zero-order valence-corrected chi connectivity index (χ0v) is 8.95. The quantitative estimate of drug-likeness (QED) is 0.839. The number of carbonyl (C=O) groups is 1. The molecular formula is C10H11F3N2O2. The first kappa shape index (κ1) is 13.4. The molecule has 0 aliphatic rings. The Morgan fingerprint density at radius 3 is 2.59 bits per heavy atom. The molecule has 17 heavy (non-hydrogen) atoms. The van der Waals surface area contributed by atoms with Crippen LogP contribution < -0.4 is 5.73 Å². The van der Waals surface area contributed by atoms with E-state index in [0.29, 0.717) is 6.92 Å². The molecule has 7 heteroatoms. The number of pyridine rings is 1. The Labute approximate surface area is 95.3 Å². The van der Waals surface area contributed by atoms with Gasteiger partial charge in [0.25, 0.3) is 5.91 Å². The lowest BCUT2D eigenvalue weighted by atomic mass is 9.96. The van der Waals surface area contributed by atoms with Crippen molar-refractivity contribution in [3.05, 3.63) is 29.6 Å². The molecule has 0 saturated carbocycles. The van der Waals surface area contributed by atoms with E-state index in [1.165, 1.54) is 18.3 Å². The van der Waals surface area contributed by atoms with Crippen LogP contribution in [0.4, 0.5) is 13.2 Å². The van der Waals surface area contributed by atoms with Crippen molar-refractivity contribution < 1.29 is 23.1 Å². The lowest BCUT2D eigenvalue weighted by Gasteiger charge is -2.26. The zero-order chi connectivity index (χ0) is 13.3. The second kappa shape index (κ2) is 4.33. The van der Waals surface area contributed by atoms with E-state index in [4.69, 9.17) is 5.73 Å². The summed E-state index contributed by atoms with van der Waals surface area (Å²) in [6, 6.07) is 2.64. The molecule has 4 nitrogen and oxygen atoms in total. The van der Waals surface area contributed by atoms with E-state index in [-0.39, 0.29) is 11.3 Å². The smallest absolute Gasteiger partial charge is 0.380 e. The van der Waals surface area contributed by atoms with Crippen LogP contribution >= 0.6 is 0 Å². The number of rotatable bonds is 3. The molecule has 0 radical (unpaired) electrons. The van der Waals surface area contributed by atoms with Crippen molar-refractivity contribution in [3.63, 3.8) is 0 Å². The van der Waals surface area contributed by atoms with E-state index in [2.05, 4.69) is 4.98 Å². The van der Waals surface area contributed by atoms with Gasteiger partial charge in [0.05, 0.1) is 11.3 Å². The Bertz CT molecular complexity index is 430. The average Bonchev–Trinajstić information content (AvgIpc) is 2.15. The van der Waals surface area contributed by atoms with Crippen molar-refractivity contribution in [2.45, 2.75) is 25.1 Å². The highest BCUT2D eigenvalue weighted by Gasteiger charge is 2.50. The van der Waals surface area contributed by atoms with Gasteiger partial charge in [-0.1, -0.05) is 0 Å². The molecule has 0 aromatic carbocycles. The molecular weight excluding hydrogens is 237 g/mol. The highest BCUT2D eigenvalue weighted by molar-refractivity contribution is 5.93. The van der Waals surface area contributed by atoms with Crippen LogP contribution in [0.3, 0.4) is 0 Å². The molecule has 3 N–H and O–H groups in total. The fourth-order valence-electron chi connectivity index (χ4n) is 1.23. The van der Waals surface area contributed by atoms with E-state index in [1.54, 1.807) is 0 Å². The van der Waals surface area contributed by atoms with Gasteiger partial charge in [0.2, 0.25) is 0 Å². The van der Waals surface area contributed by atoms with Crippen molar-refractivity contribution in [2.24, 2.45) is 5.73 Å². The summed E-state index contributed by atoms with van der Waals surface area (Å²) in [5.41, 5.74) is 1.74. The minimum Gasteiger partial charge on any atom is -0.380 e. The number of halogens is 3. The van der Waals surface area contributed by atoms with Gasteiger partial charge in [-0.25, -0.2) is 0 Å². The predicted octanol–water partition coefficient (Wildman–Crippen LogP) is 1.04. The van der Waals surface area contributed by atoms with Crippen LogP contribution in [-0.2, 0) is 6.42 Å². The lowest BCUT2D eigenvalue weighted by molar-refractivity contribution is -0.252. The van der Waals surface area contributed by atoms with Gasteiger partial charge in [0.1, 0.15) is 0 Å². The number of nitrogens with two attached hydrogens (primary N) is 1. The Morgan fingerprint density at radius 1 is 1.53 bits per heavy atom. The molecule has 0 bridgehead atoms. The van der Waals surface area contributed by atoms with E-state index in [0.717, 1.165) is 0 Å². The molecule has 1 rings (SSSR count). The Morgan fingerprint density at radius 2 is 2.12 bits per heavy atom. The van der Waals surface area contributed by atoms with E-state index in [9.17, 15) is 23.1 Å². The summed E-state index contributed by atoms with van der Waals surface area (Å²) in [5.74, 6) is -0.883. The van der Waals surface area contributed by atoms with Crippen molar-refractivity contribution in [3.8, 4) is 0 Å². The Kier molecular flexibility index (Phi) is 3.42. The Hall–Kier alpha value is -1.63. The predicted molar refractivity (Wildman–Crippen MR) is 53.1 cm³/mol. The third-order valence-corrected chi connectivity index (χ3v) is 2.28. The average molecular weight is 248 g/mol. The molecule has 1 aromatic rings. The SMILES string of the molecule is C[C@@](O)(Cc1ncccc1C(N)=O)C(F)(F)F. The molecule has 1 atom stereocenters. The number of alkyl halides is 3. The summed E-state index contributed by atoms with van der Waals surface area (Å²) < 4.78 is 37.4. The maximum atomic E-state index is 12.5. The fourth-order valence-corrected chi connectivity index (χ4v) is 1.23. The molecule has 0 aliphatic carbocycles. The topological polar surface area (TPSA) is 76.2 Å². The highest BCUT2D eigenvalue weighted by Crippen LogP contribution is 2.32. The number of hydrogen-bond acceptors (Lipinski definition) is 3. The Balaban J connectivity index is 3.08. The van der Waals surface area contributed by atoms with Crippen LogP contribution in [-0.4, -0.2) is 27.8 Å². The van der Waals surface area contributed by atoms with Crippen molar-refractivity contribution in [1.29, 1.82) is 0 Å². The van der Waals surface area contributed by atoms with Gasteiger partial charge in [-0.2, -0.15) is 13.2 Å². The fraction of sp³-hybridized carbons (Fsp3) is 0.400. The minimum absolute atomic E-state index is 0.128. The van der Waals surface area contributed by atoms with Crippen molar-refractivity contribution >= 4 is 5.91 Å². The first-order valence-corrected chi connectivity index (χ1v) is 4.68. The van der Waals surface area contributed by atoms with Gasteiger partial charge in [-0.05, 0) is 19.1 Å². The molecule has 1 heterocycles. The van der Waals surface area contributed by atoms with Crippen LogP contribution in [0.5, 0.6) is 0 Å². The van der Waals surface area contributed by atoms with Crippen LogP contribution in [0.2, 0.25) is 0 Å². The maximum absolute atomic E-state index is 12.5. The lowest BCUT2D eigenvalue weighted by Crippen LogP contribution is -2.44. The largest absolute Gasteiger partial charge is 0.417 e. The highest BCUT2D eigenvalue weighted by atomic mass is 19.4. The zero-order valence-electron chi connectivity index (χ0n) is 8.95. The number of amides is 1. The summed E-state index contributed by atoms with van der Waals surface area (Å²) in [6.45, 7) is 0.618. The van der Waals surface area contributed by atoms with E-state index in [1.807, 2.05) is 0 Å². The number of primary amides is 1. The number of aliphatic hydroxyl groups is 1. The standard InChI is InChI=1S/C10H11F3N2O2/c1-9(17,10(11,12)13)5-7-6(8(14)16)3-2-4-15-7/h2-4,17H,5H2,1H3,(H2,14,16)/t9-/m1/s1. The summed E-state index contributed by atoms with van der Waals surface area (Å²) in [6.07, 6.45) is -4.40.